The zero-order valence-corrected chi connectivity index (χ0v) is 25.9. The van der Waals surface area contributed by atoms with Crippen LogP contribution in [0.25, 0.3) is 21.8 Å². The number of fused-ring (bicyclic) bond motifs is 2. The first-order valence-corrected chi connectivity index (χ1v) is 15.7. The maximum absolute atomic E-state index is 13.8. The molecule has 3 heterocycles. The van der Waals surface area contributed by atoms with Gasteiger partial charge >= 0.3 is 5.97 Å². The first kappa shape index (κ1) is 33.0. The Bertz CT molecular complexity index is 1780. The zero-order chi connectivity index (χ0) is 33.5. The van der Waals surface area contributed by atoms with Gasteiger partial charge in [0, 0.05) is 60.1 Å². The second kappa shape index (κ2) is 14.8. The van der Waals surface area contributed by atoms with Crippen LogP contribution in [0.15, 0.2) is 65.9 Å². The molecule has 1 fully saturated rings. The number of nitrogens with one attached hydrogen (secondary N) is 4. The van der Waals surface area contributed by atoms with Gasteiger partial charge in [0.1, 0.15) is 18.1 Å². The summed E-state index contributed by atoms with van der Waals surface area (Å²) in [5.41, 5.74) is 20.1. The number of nitrogens with zero attached hydrogens (tertiary/aromatic N) is 2. The van der Waals surface area contributed by atoms with Gasteiger partial charge in [0.05, 0.1) is 6.04 Å². The van der Waals surface area contributed by atoms with Crippen LogP contribution in [0.5, 0.6) is 0 Å². The lowest BCUT2D eigenvalue weighted by molar-refractivity contribution is -0.143. The Morgan fingerprint density at radius 2 is 1.51 bits per heavy atom. The van der Waals surface area contributed by atoms with Crippen LogP contribution in [0, 0.1) is 0 Å². The Morgan fingerprint density at radius 1 is 0.915 bits per heavy atom. The maximum Gasteiger partial charge on any atom is 0.326 e. The lowest BCUT2D eigenvalue weighted by atomic mass is 10.0. The number of benzene rings is 2. The first-order valence-electron chi connectivity index (χ1n) is 15.7. The van der Waals surface area contributed by atoms with Gasteiger partial charge in [-0.3, -0.25) is 19.4 Å². The largest absolute Gasteiger partial charge is 0.480 e. The molecule has 248 valence electrons. The number of carbonyl (C=O) groups excluding carboxylic acids is 3. The molecule has 2 aromatic heterocycles. The Labute approximate surface area is 271 Å². The predicted molar refractivity (Wildman–Crippen MR) is 178 cm³/mol. The maximum atomic E-state index is 13.8. The van der Waals surface area contributed by atoms with Crippen molar-refractivity contribution in [1.29, 1.82) is 0 Å². The molecule has 0 aliphatic carbocycles. The molecule has 4 aromatic rings. The molecule has 11 N–H and O–H groups in total. The molecular weight excluding hydrogens is 602 g/mol. The lowest BCUT2D eigenvalue weighted by Crippen LogP contribution is -2.57. The van der Waals surface area contributed by atoms with E-state index in [9.17, 15) is 24.3 Å². The van der Waals surface area contributed by atoms with Gasteiger partial charge in [-0.1, -0.05) is 36.4 Å². The third kappa shape index (κ3) is 7.90. The monoisotopic (exact) mass is 643 g/mol. The number of H-pyrrole nitrogens is 2. The van der Waals surface area contributed by atoms with Gasteiger partial charge in [0.2, 0.25) is 17.7 Å². The first-order chi connectivity index (χ1) is 22.6. The number of nitrogens with two attached hydrogens (primary N) is 3. The molecule has 0 bridgehead atoms. The average molecular weight is 644 g/mol. The normalized spacial score (nSPS) is 16.4. The van der Waals surface area contributed by atoms with Gasteiger partial charge in [-0.05, 0) is 48.9 Å². The van der Waals surface area contributed by atoms with Gasteiger partial charge in [-0.25, -0.2) is 4.79 Å². The minimum Gasteiger partial charge on any atom is -0.480 e. The summed E-state index contributed by atoms with van der Waals surface area (Å²) in [6.07, 6.45) is 5.44. The van der Waals surface area contributed by atoms with Crippen molar-refractivity contribution in [3.8, 4) is 0 Å². The number of likely N-dealkylation sites (tertiary alicyclic amines) is 1. The molecule has 5 rings (SSSR count). The van der Waals surface area contributed by atoms with E-state index in [1.165, 1.54) is 4.90 Å². The molecule has 14 nitrogen and oxygen atoms in total. The van der Waals surface area contributed by atoms with Crippen molar-refractivity contribution in [3.63, 3.8) is 0 Å². The molecule has 47 heavy (non-hydrogen) atoms. The minimum atomic E-state index is -1.26. The Balaban J connectivity index is 1.33. The Morgan fingerprint density at radius 3 is 2.11 bits per heavy atom. The molecule has 0 radical (unpaired) electrons. The highest BCUT2D eigenvalue weighted by Gasteiger charge is 2.38. The van der Waals surface area contributed by atoms with Crippen molar-refractivity contribution < 1.29 is 24.3 Å². The fourth-order valence-corrected chi connectivity index (χ4v) is 6.15. The summed E-state index contributed by atoms with van der Waals surface area (Å²) in [7, 11) is 0. The number of para-hydroxylation sites is 2. The highest BCUT2D eigenvalue weighted by atomic mass is 16.4. The number of aliphatic imine (C=N–C) groups is 1. The van der Waals surface area contributed by atoms with Crippen molar-refractivity contribution in [2.24, 2.45) is 22.2 Å². The van der Waals surface area contributed by atoms with Gasteiger partial charge in [-0.2, -0.15) is 0 Å². The number of carboxylic acids is 1. The minimum absolute atomic E-state index is 0.0326. The molecule has 2 aromatic carbocycles. The molecule has 1 aliphatic heterocycles. The van der Waals surface area contributed by atoms with Gasteiger partial charge < -0.3 is 47.8 Å². The topological polar surface area (TPSA) is 238 Å². The molecular formula is C33H41N9O5. The molecule has 1 aliphatic rings. The average Bonchev–Trinajstić information content (AvgIpc) is 3.81. The van der Waals surface area contributed by atoms with E-state index in [4.69, 9.17) is 17.2 Å². The van der Waals surface area contributed by atoms with Crippen molar-refractivity contribution in [1.82, 2.24) is 25.5 Å². The van der Waals surface area contributed by atoms with Crippen molar-refractivity contribution in [2.75, 3.05) is 13.1 Å². The summed E-state index contributed by atoms with van der Waals surface area (Å²) in [6.45, 7) is 0.680. The van der Waals surface area contributed by atoms with E-state index in [2.05, 4.69) is 25.6 Å². The summed E-state index contributed by atoms with van der Waals surface area (Å²) in [5.74, 6) is -2.77. The number of aliphatic carboxylic acids is 1. The van der Waals surface area contributed by atoms with Gasteiger partial charge in [-0.15, -0.1) is 0 Å². The number of aromatic nitrogens is 2. The van der Waals surface area contributed by atoms with Gasteiger partial charge in [0.15, 0.2) is 5.96 Å². The van der Waals surface area contributed by atoms with Crippen molar-refractivity contribution in [3.05, 3.63) is 72.1 Å². The Hall–Kier alpha value is -5.37. The highest BCUT2D eigenvalue weighted by molar-refractivity contribution is 5.95. The van der Waals surface area contributed by atoms with E-state index in [0.29, 0.717) is 38.8 Å². The van der Waals surface area contributed by atoms with Crippen LogP contribution < -0.4 is 27.8 Å². The van der Waals surface area contributed by atoms with E-state index >= 15 is 0 Å². The second-order valence-corrected chi connectivity index (χ2v) is 11.8. The van der Waals surface area contributed by atoms with E-state index in [0.717, 1.165) is 32.9 Å². The molecule has 4 atom stereocenters. The second-order valence-electron chi connectivity index (χ2n) is 11.8. The standard InChI is InChI=1S/C33H41N9O5/c34-23(9-5-13-37-33(35)36)31(45)42-14-6-12-28(42)30(44)40-26(15-19-17-38-24-10-3-1-7-21(19)24)29(43)41-27(32(46)47)16-20-18-39-25-11-4-2-8-22(20)25/h1-4,7-8,10-11,17-18,23,26-28,38-39H,5-6,9,12-16,34H2,(H,40,44)(H,41,43)(H,46,47)(H4,35,36,37). The summed E-state index contributed by atoms with van der Waals surface area (Å²) in [6, 6.07) is 11.0. The SMILES string of the molecule is NC(N)=NCCCC(N)C(=O)N1CCCC1C(=O)NC(Cc1c[nH]c2ccccc12)C(=O)NC(Cc1c[nH]c2ccccc12)C(=O)O. The summed E-state index contributed by atoms with van der Waals surface area (Å²) < 4.78 is 0. The van der Waals surface area contributed by atoms with Crippen LogP contribution in [-0.4, -0.2) is 86.9 Å². The zero-order valence-electron chi connectivity index (χ0n) is 25.9. The van der Waals surface area contributed by atoms with Crippen LogP contribution in [0.3, 0.4) is 0 Å². The molecule has 14 heteroatoms. The fourth-order valence-electron chi connectivity index (χ4n) is 6.15. The van der Waals surface area contributed by atoms with E-state index in [1.807, 2.05) is 48.5 Å². The number of aromatic amines is 2. The van der Waals surface area contributed by atoms with Crippen LogP contribution in [0.2, 0.25) is 0 Å². The number of guanidine groups is 1. The third-order valence-electron chi connectivity index (χ3n) is 8.57. The lowest BCUT2D eigenvalue weighted by Gasteiger charge is -2.28. The smallest absolute Gasteiger partial charge is 0.326 e. The number of carboxylic acid groups (broad SMARTS) is 1. The quantitative estimate of drug-likeness (QED) is 0.0556. The van der Waals surface area contributed by atoms with E-state index < -0.39 is 42.0 Å². The van der Waals surface area contributed by atoms with Crippen LogP contribution in [-0.2, 0) is 32.0 Å². The molecule has 1 saturated heterocycles. The van der Waals surface area contributed by atoms with Gasteiger partial charge in [0.25, 0.3) is 0 Å². The summed E-state index contributed by atoms with van der Waals surface area (Å²) in [4.78, 5) is 64.9. The van der Waals surface area contributed by atoms with Crippen molar-refractivity contribution in [2.45, 2.75) is 62.7 Å². The number of hydrogen-bond acceptors (Lipinski definition) is 6. The summed E-state index contributed by atoms with van der Waals surface area (Å²) in [5, 5.41) is 17.3. The predicted octanol–water partition coefficient (Wildman–Crippen LogP) is 0.861. The molecule has 3 amide bonds. The van der Waals surface area contributed by atoms with Crippen LogP contribution in [0.1, 0.15) is 36.8 Å². The number of rotatable bonds is 14. The third-order valence-corrected chi connectivity index (χ3v) is 8.57. The number of hydrogen-bond donors (Lipinski definition) is 8. The summed E-state index contributed by atoms with van der Waals surface area (Å²) >= 11 is 0. The van der Waals surface area contributed by atoms with E-state index in [1.54, 1.807) is 12.4 Å². The van der Waals surface area contributed by atoms with Crippen molar-refractivity contribution >= 4 is 51.5 Å². The van der Waals surface area contributed by atoms with Crippen LogP contribution >= 0.6 is 0 Å². The molecule has 0 spiro atoms. The molecule has 0 saturated carbocycles. The highest BCUT2D eigenvalue weighted by Crippen LogP contribution is 2.23. The van der Waals surface area contributed by atoms with E-state index in [-0.39, 0.29) is 24.7 Å². The fraction of sp³-hybridized carbons (Fsp3) is 0.364. The Kier molecular flexibility index (Phi) is 10.4. The number of carbonyl (C=O) groups is 4. The van der Waals surface area contributed by atoms with Crippen LogP contribution in [0.4, 0.5) is 0 Å². The number of amides is 3. The molecule has 4 unspecified atom stereocenters.